The minimum Gasteiger partial charge on any atom is -0.497 e. The summed E-state index contributed by atoms with van der Waals surface area (Å²) in [5.41, 5.74) is 3.94. The van der Waals surface area contributed by atoms with E-state index in [0.717, 1.165) is 32.1 Å². The number of carbonyl (C=O) groups is 1. The van der Waals surface area contributed by atoms with Crippen molar-refractivity contribution < 1.29 is 18.7 Å². The van der Waals surface area contributed by atoms with Crippen molar-refractivity contribution in [2.24, 2.45) is 0 Å². The van der Waals surface area contributed by atoms with E-state index in [1.165, 1.54) is 17.6 Å². The number of ether oxygens (including phenoxy) is 2. The molecule has 1 amide bonds. The SMILES string of the molecule is COc1ccc(OC)c(C(Nc2cc(C)ccn2)c2c(NC(=O)c3ccco3)sc(C)c2C)c1. The van der Waals surface area contributed by atoms with Gasteiger partial charge in [-0.3, -0.25) is 4.79 Å². The summed E-state index contributed by atoms with van der Waals surface area (Å²) in [4.78, 5) is 18.5. The number of pyridine rings is 1. The van der Waals surface area contributed by atoms with Crippen LogP contribution in [-0.4, -0.2) is 25.1 Å². The monoisotopic (exact) mass is 477 g/mol. The minimum absolute atomic E-state index is 0.249. The summed E-state index contributed by atoms with van der Waals surface area (Å²) in [6.07, 6.45) is 3.25. The molecule has 0 saturated heterocycles. The van der Waals surface area contributed by atoms with Crippen LogP contribution in [0, 0.1) is 20.8 Å². The number of methoxy groups -OCH3 is 2. The molecule has 0 aliphatic carbocycles. The Bertz CT molecular complexity index is 1300. The quantitative estimate of drug-likeness (QED) is 0.317. The molecule has 4 rings (SSSR count). The van der Waals surface area contributed by atoms with Gasteiger partial charge in [0.05, 0.1) is 26.5 Å². The van der Waals surface area contributed by atoms with E-state index in [-0.39, 0.29) is 17.7 Å². The van der Waals surface area contributed by atoms with E-state index in [0.29, 0.717) is 17.3 Å². The van der Waals surface area contributed by atoms with Crippen LogP contribution in [0.15, 0.2) is 59.3 Å². The number of amides is 1. The molecule has 0 radical (unpaired) electrons. The largest absolute Gasteiger partial charge is 0.497 e. The highest BCUT2D eigenvalue weighted by Gasteiger charge is 2.28. The van der Waals surface area contributed by atoms with Crippen LogP contribution >= 0.6 is 11.3 Å². The van der Waals surface area contributed by atoms with Gasteiger partial charge in [0.1, 0.15) is 22.3 Å². The zero-order chi connectivity index (χ0) is 24.2. The zero-order valence-corrected chi connectivity index (χ0v) is 20.6. The lowest BCUT2D eigenvalue weighted by Gasteiger charge is -2.24. The maximum Gasteiger partial charge on any atom is 0.291 e. The fourth-order valence-electron chi connectivity index (χ4n) is 3.79. The predicted octanol–water partition coefficient (Wildman–Crippen LogP) is 6.13. The summed E-state index contributed by atoms with van der Waals surface area (Å²) >= 11 is 1.52. The number of carbonyl (C=O) groups excluding carboxylic acids is 1. The van der Waals surface area contributed by atoms with Crippen molar-refractivity contribution in [3.63, 3.8) is 0 Å². The van der Waals surface area contributed by atoms with Crippen molar-refractivity contribution in [1.29, 1.82) is 0 Å². The zero-order valence-electron chi connectivity index (χ0n) is 19.8. The first-order valence-corrected chi connectivity index (χ1v) is 11.6. The van der Waals surface area contributed by atoms with Crippen LogP contribution in [-0.2, 0) is 0 Å². The number of thiophene rings is 1. The van der Waals surface area contributed by atoms with Crippen molar-refractivity contribution in [2.45, 2.75) is 26.8 Å². The molecule has 3 aromatic heterocycles. The molecular weight excluding hydrogens is 450 g/mol. The number of nitrogens with one attached hydrogen (secondary N) is 2. The summed E-state index contributed by atoms with van der Waals surface area (Å²) < 4.78 is 16.5. The number of anilines is 2. The topological polar surface area (TPSA) is 85.6 Å². The summed E-state index contributed by atoms with van der Waals surface area (Å²) in [5, 5.41) is 7.34. The molecule has 3 heterocycles. The average molecular weight is 478 g/mol. The standard InChI is InChI=1S/C26H27N3O4S/c1-15-10-11-27-22(13-15)28-24(19-14-18(31-4)8-9-20(19)32-5)23-16(2)17(3)34-26(23)29-25(30)21-7-6-12-33-21/h6-14,24H,1-5H3,(H,27,28)(H,29,30). The van der Waals surface area contributed by atoms with Crippen molar-refractivity contribution in [1.82, 2.24) is 4.98 Å². The van der Waals surface area contributed by atoms with E-state index >= 15 is 0 Å². The van der Waals surface area contributed by atoms with Gasteiger partial charge < -0.3 is 24.5 Å². The molecule has 8 heteroatoms. The van der Waals surface area contributed by atoms with Gasteiger partial charge in [-0.2, -0.15) is 0 Å². The lowest BCUT2D eigenvalue weighted by Crippen LogP contribution is -2.18. The maximum atomic E-state index is 12.9. The van der Waals surface area contributed by atoms with Crippen LogP contribution in [0.25, 0.3) is 0 Å². The highest BCUT2D eigenvalue weighted by molar-refractivity contribution is 7.16. The van der Waals surface area contributed by atoms with Gasteiger partial charge in [0, 0.05) is 22.2 Å². The second-order valence-corrected chi connectivity index (χ2v) is 9.09. The van der Waals surface area contributed by atoms with E-state index in [2.05, 4.69) is 22.5 Å². The van der Waals surface area contributed by atoms with E-state index in [1.807, 2.05) is 44.2 Å². The van der Waals surface area contributed by atoms with Crippen LogP contribution in [0.3, 0.4) is 0 Å². The lowest BCUT2D eigenvalue weighted by atomic mass is 9.95. The Hall–Kier alpha value is -3.78. The minimum atomic E-state index is -0.379. The van der Waals surface area contributed by atoms with Crippen LogP contribution in [0.4, 0.5) is 10.8 Å². The van der Waals surface area contributed by atoms with E-state index < -0.39 is 0 Å². The average Bonchev–Trinajstić information content (AvgIpc) is 3.46. The Kier molecular flexibility index (Phi) is 6.88. The highest BCUT2D eigenvalue weighted by atomic mass is 32.1. The van der Waals surface area contributed by atoms with Gasteiger partial charge in [-0.05, 0) is 74.4 Å². The van der Waals surface area contributed by atoms with Crippen LogP contribution in [0.5, 0.6) is 11.5 Å². The number of rotatable bonds is 8. The Balaban J connectivity index is 1.86. The molecule has 34 heavy (non-hydrogen) atoms. The molecule has 1 atom stereocenters. The highest BCUT2D eigenvalue weighted by Crippen LogP contribution is 2.44. The van der Waals surface area contributed by atoms with Gasteiger partial charge in [-0.25, -0.2) is 4.98 Å². The molecule has 176 valence electrons. The van der Waals surface area contributed by atoms with Gasteiger partial charge >= 0.3 is 0 Å². The number of benzene rings is 1. The van der Waals surface area contributed by atoms with E-state index in [9.17, 15) is 4.79 Å². The number of furan rings is 1. The van der Waals surface area contributed by atoms with Gasteiger partial charge in [0.25, 0.3) is 5.91 Å². The Morgan fingerprint density at radius 3 is 2.59 bits per heavy atom. The van der Waals surface area contributed by atoms with Crippen LogP contribution < -0.4 is 20.1 Å². The van der Waals surface area contributed by atoms with Crippen molar-refractivity contribution in [3.8, 4) is 11.5 Å². The Morgan fingerprint density at radius 1 is 1.09 bits per heavy atom. The van der Waals surface area contributed by atoms with Crippen molar-refractivity contribution in [3.05, 3.63) is 87.8 Å². The maximum absolute atomic E-state index is 12.9. The fraction of sp³-hybridized carbons (Fsp3) is 0.231. The third-order valence-electron chi connectivity index (χ3n) is 5.65. The Labute approximate surface area is 202 Å². The third kappa shape index (κ3) is 4.77. The molecule has 0 fully saturated rings. The van der Waals surface area contributed by atoms with Crippen molar-refractivity contribution in [2.75, 3.05) is 24.9 Å². The number of nitrogens with zero attached hydrogens (tertiary/aromatic N) is 1. The van der Waals surface area contributed by atoms with Gasteiger partial charge in [-0.15, -0.1) is 11.3 Å². The molecule has 7 nitrogen and oxygen atoms in total. The summed E-state index contributed by atoms with van der Waals surface area (Å²) in [6, 6.07) is 12.6. The molecule has 2 N–H and O–H groups in total. The number of aromatic nitrogens is 1. The molecule has 4 aromatic rings. The first-order chi connectivity index (χ1) is 16.4. The Morgan fingerprint density at radius 2 is 1.91 bits per heavy atom. The molecule has 1 unspecified atom stereocenters. The molecule has 0 spiro atoms. The fourth-order valence-corrected chi connectivity index (χ4v) is 4.88. The molecular formula is C26H27N3O4S. The predicted molar refractivity (Wildman–Crippen MR) is 134 cm³/mol. The molecule has 1 aromatic carbocycles. The van der Waals surface area contributed by atoms with E-state index in [1.54, 1.807) is 32.5 Å². The summed E-state index contributed by atoms with van der Waals surface area (Å²) in [6.45, 7) is 6.11. The van der Waals surface area contributed by atoms with Crippen LogP contribution in [0.1, 0.15) is 43.7 Å². The number of aryl methyl sites for hydroxylation is 2. The number of hydrogen-bond donors (Lipinski definition) is 2. The third-order valence-corrected chi connectivity index (χ3v) is 6.79. The lowest BCUT2D eigenvalue weighted by molar-refractivity contribution is 0.0997. The molecule has 0 aliphatic rings. The van der Waals surface area contributed by atoms with E-state index in [4.69, 9.17) is 13.9 Å². The first-order valence-electron chi connectivity index (χ1n) is 10.8. The molecule has 0 saturated carbocycles. The second-order valence-electron chi connectivity index (χ2n) is 7.86. The van der Waals surface area contributed by atoms with Gasteiger partial charge in [0.15, 0.2) is 5.76 Å². The van der Waals surface area contributed by atoms with Gasteiger partial charge in [0.2, 0.25) is 0 Å². The summed E-state index contributed by atoms with van der Waals surface area (Å²) in [7, 11) is 3.27. The molecule has 0 aliphatic heterocycles. The summed E-state index contributed by atoms with van der Waals surface area (Å²) in [5.74, 6) is 2.04. The van der Waals surface area contributed by atoms with Gasteiger partial charge in [-0.1, -0.05) is 0 Å². The first kappa shape index (κ1) is 23.4. The number of hydrogen-bond acceptors (Lipinski definition) is 7. The van der Waals surface area contributed by atoms with Crippen LogP contribution in [0.2, 0.25) is 0 Å². The second kappa shape index (κ2) is 10.0. The smallest absolute Gasteiger partial charge is 0.291 e. The van der Waals surface area contributed by atoms with Crippen molar-refractivity contribution >= 4 is 28.1 Å². The normalized spacial score (nSPS) is 11.7. The molecule has 0 bridgehead atoms.